The minimum Gasteiger partial charge on any atom is -0.361 e. The van der Waals surface area contributed by atoms with Crippen LogP contribution in [0.4, 0.5) is 13.2 Å². The van der Waals surface area contributed by atoms with Gasteiger partial charge in [0, 0.05) is 13.1 Å². The largest absolute Gasteiger partial charge is 0.391 e. The van der Waals surface area contributed by atoms with Gasteiger partial charge in [-0.3, -0.25) is 4.99 Å². The highest BCUT2D eigenvalue weighted by molar-refractivity contribution is 5.57. The van der Waals surface area contributed by atoms with Gasteiger partial charge in [-0.25, -0.2) is 0 Å². The summed E-state index contributed by atoms with van der Waals surface area (Å²) in [6, 6.07) is -0.593. The van der Waals surface area contributed by atoms with Gasteiger partial charge in [0.25, 0.3) is 0 Å². The highest BCUT2D eigenvalue weighted by Crippen LogP contribution is 2.24. The number of alkyl halides is 3. The topological polar surface area (TPSA) is 15.6 Å². The quantitative estimate of drug-likeness (QED) is 0.631. The monoisotopic (exact) mass is 180 g/mol. The fraction of sp³-hybridized carbons (Fsp3) is 0.857. The van der Waals surface area contributed by atoms with Gasteiger partial charge >= 0.3 is 6.18 Å². The van der Waals surface area contributed by atoms with Gasteiger partial charge in [0.05, 0.1) is 18.8 Å². The second-order valence-electron chi connectivity index (χ2n) is 2.83. The van der Waals surface area contributed by atoms with Gasteiger partial charge in [0.1, 0.15) is 0 Å². The molecule has 1 heterocycles. The first kappa shape index (κ1) is 9.35. The molecule has 2 nitrogen and oxygen atoms in total. The predicted octanol–water partition coefficient (Wildman–Crippen LogP) is 1.67. The van der Waals surface area contributed by atoms with Crippen molar-refractivity contribution in [2.45, 2.75) is 25.6 Å². The Kier molecular flexibility index (Phi) is 2.59. The maximum Gasteiger partial charge on any atom is 0.391 e. The summed E-state index contributed by atoms with van der Waals surface area (Å²) in [5, 5.41) is 0. The molecular weight excluding hydrogens is 169 g/mol. The van der Waals surface area contributed by atoms with Crippen LogP contribution in [0.15, 0.2) is 4.99 Å². The molecule has 0 N–H and O–H groups in total. The number of hydrogen-bond acceptors (Lipinski definition) is 2. The summed E-state index contributed by atoms with van der Waals surface area (Å²) in [5.74, 6) is 0. The van der Waals surface area contributed by atoms with Gasteiger partial charge in [0.15, 0.2) is 0 Å². The Labute approximate surface area is 69.1 Å². The highest BCUT2D eigenvalue weighted by Gasteiger charge is 2.33. The molecule has 0 spiro atoms. The summed E-state index contributed by atoms with van der Waals surface area (Å²) in [6.45, 7) is 3.01. The fourth-order valence-corrected chi connectivity index (χ4v) is 1.15. The summed E-state index contributed by atoms with van der Waals surface area (Å²) in [6.07, 6.45) is -3.40. The minimum atomic E-state index is -4.09. The molecule has 1 rings (SSSR count). The Balaban J connectivity index is 2.34. The van der Waals surface area contributed by atoms with E-state index in [4.69, 9.17) is 0 Å². The van der Waals surface area contributed by atoms with E-state index in [1.54, 1.807) is 4.90 Å². The van der Waals surface area contributed by atoms with Crippen molar-refractivity contribution in [2.75, 3.05) is 13.1 Å². The van der Waals surface area contributed by atoms with E-state index in [1.807, 2.05) is 6.92 Å². The molecule has 1 unspecified atom stereocenters. The molecule has 0 saturated heterocycles. The van der Waals surface area contributed by atoms with Crippen LogP contribution in [0.5, 0.6) is 0 Å². The highest BCUT2D eigenvalue weighted by atomic mass is 19.4. The molecule has 0 fully saturated rings. The third-order valence-electron chi connectivity index (χ3n) is 1.76. The zero-order valence-corrected chi connectivity index (χ0v) is 6.80. The van der Waals surface area contributed by atoms with Gasteiger partial charge in [-0.2, -0.15) is 13.2 Å². The van der Waals surface area contributed by atoms with E-state index in [9.17, 15) is 13.2 Å². The van der Waals surface area contributed by atoms with E-state index in [-0.39, 0.29) is 0 Å². The first-order valence-corrected chi connectivity index (χ1v) is 3.85. The zero-order chi connectivity index (χ0) is 9.19. The average molecular weight is 180 g/mol. The van der Waals surface area contributed by atoms with Crippen molar-refractivity contribution in [2.24, 2.45) is 4.99 Å². The Bertz CT molecular complexity index is 176. The molecule has 0 saturated carbocycles. The van der Waals surface area contributed by atoms with E-state index in [1.165, 1.54) is 6.34 Å². The smallest absolute Gasteiger partial charge is 0.361 e. The maximum absolute atomic E-state index is 11.8. The molecule has 0 aromatic carbocycles. The van der Waals surface area contributed by atoms with Crippen LogP contribution < -0.4 is 0 Å². The van der Waals surface area contributed by atoms with Crippen LogP contribution in [0, 0.1) is 0 Å². The summed E-state index contributed by atoms with van der Waals surface area (Å²) < 4.78 is 35.5. The standard InChI is InChI=1S/C7H11F3N2/c1-2-12-4-6(11-5-12)3-7(8,9)10/h5-6H,2-4H2,1H3. The lowest BCUT2D eigenvalue weighted by molar-refractivity contribution is -0.137. The van der Waals surface area contributed by atoms with E-state index in [2.05, 4.69) is 4.99 Å². The van der Waals surface area contributed by atoms with Gasteiger partial charge < -0.3 is 4.90 Å². The summed E-state index contributed by atoms with van der Waals surface area (Å²) in [7, 11) is 0. The second-order valence-corrected chi connectivity index (χ2v) is 2.83. The second kappa shape index (κ2) is 3.33. The third kappa shape index (κ3) is 2.71. The first-order chi connectivity index (χ1) is 5.51. The van der Waals surface area contributed by atoms with Crippen LogP contribution in [0.1, 0.15) is 13.3 Å². The molecule has 0 amide bonds. The van der Waals surface area contributed by atoms with Crippen LogP contribution in [0.25, 0.3) is 0 Å². The normalized spacial score (nSPS) is 23.7. The van der Waals surface area contributed by atoms with E-state index in [0.29, 0.717) is 6.54 Å². The molecule has 0 radical (unpaired) electrons. The molecule has 0 aromatic rings. The van der Waals surface area contributed by atoms with Crippen molar-refractivity contribution < 1.29 is 13.2 Å². The van der Waals surface area contributed by atoms with E-state index >= 15 is 0 Å². The van der Waals surface area contributed by atoms with Crippen molar-refractivity contribution in [3.8, 4) is 0 Å². The number of halogens is 3. The van der Waals surface area contributed by atoms with E-state index < -0.39 is 18.6 Å². The summed E-state index contributed by atoms with van der Waals surface area (Å²) >= 11 is 0. The van der Waals surface area contributed by atoms with Crippen LogP contribution in [-0.2, 0) is 0 Å². The molecule has 0 aromatic heterocycles. The average Bonchev–Trinajstić information content (AvgIpc) is 2.32. The number of aliphatic imine (C=N–C) groups is 1. The SMILES string of the molecule is CCN1C=NC(CC(F)(F)F)C1. The summed E-state index contributed by atoms with van der Waals surface area (Å²) in [5.41, 5.74) is 0. The number of nitrogens with zero attached hydrogens (tertiary/aromatic N) is 2. The molecule has 12 heavy (non-hydrogen) atoms. The Morgan fingerprint density at radius 3 is 2.67 bits per heavy atom. The molecule has 70 valence electrons. The van der Waals surface area contributed by atoms with E-state index in [0.717, 1.165) is 6.54 Å². The van der Waals surface area contributed by atoms with Crippen LogP contribution in [0.2, 0.25) is 0 Å². The summed E-state index contributed by atoms with van der Waals surface area (Å²) in [4.78, 5) is 5.53. The molecule has 1 aliphatic heterocycles. The van der Waals surface area contributed by atoms with Crippen molar-refractivity contribution >= 4 is 6.34 Å². The van der Waals surface area contributed by atoms with Crippen molar-refractivity contribution in [1.29, 1.82) is 0 Å². The van der Waals surface area contributed by atoms with Crippen molar-refractivity contribution in [1.82, 2.24) is 4.90 Å². The molecule has 1 atom stereocenters. The van der Waals surface area contributed by atoms with Gasteiger partial charge in [-0.1, -0.05) is 0 Å². The third-order valence-corrected chi connectivity index (χ3v) is 1.76. The number of likely N-dealkylation sites (N-methyl/N-ethyl adjacent to an activating group) is 1. The predicted molar refractivity (Wildman–Crippen MR) is 40.2 cm³/mol. The first-order valence-electron chi connectivity index (χ1n) is 3.85. The lowest BCUT2D eigenvalue weighted by atomic mass is 10.2. The lowest BCUT2D eigenvalue weighted by Gasteiger charge is -2.14. The maximum atomic E-state index is 11.8. The molecule has 0 bridgehead atoms. The van der Waals surface area contributed by atoms with Crippen molar-refractivity contribution in [3.05, 3.63) is 0 Å². The van der Waals surface area contributed by atoms with Crippen LogP contribution in [0.3, 0.4) is 0 Å². The minimum absolute atomic E-state index is 0.399. The Morgan fingerprint density at radius 1 is 1.58 bits per heavy atom. The fourth-order valence-electron chi connectivity index (χ4n) is 1.15. The number of rotatable bonds is 2. The van der Waals surface area contributed by atoms with Crippen molar-refractivity contribution in [3.63, 3.8) is 0 Å². The van der Waals surface area contributed by atoms with Crippen LogP contribution in [-0.4, -0.2) is 36.5 Å². The van der Waals surface area contributed by atoms with Gasteiger partial charge in [-0.15, -0.1) is 0 Å². The van der Waals surface area contributed by atoms with Crippen LogP contribution >= 0.6 is 0 Å². The lowest BCUT2D eigenvalue weighted by Crippen LogP contribution is -2.26. The van der Waals surface area contributed by atoms with Gasteiger partial charge in [-0.05, 0) is 6.92 Å². The molecule has 1 aliphatic rings. The molecule has 5 heteroatoms. The van der Waals surface area contributed by atoms with Gasteiger partial charge in [0.2, 0.25) is 0 Å². The number of hydrogen-bond donors (Lipinski definition) is 0. The Hall–Kier alpha value is -0.740. The zero-order valence-electron chi connectivity index (χ0n) is 6.80. The molecule has 0 aliphatic carbocycles. The Morgan fingerprint density at radius 2 is 2.25 bits per heavy atom. The molecular formula is C7H11F3N2.